The number of likely N-dealkylation sites (N-methyl/N-ethyl adjacent to an activating group) is 1. The Kier molecular flexibility index (Phi) is 32.2. The van der Waals surface area contributed by atoms with Gasteiger partial charge in [-0.3, -0.25) is 9.59 Å². The molecule has 0 aromatic heterocycles. The number of carbonyl (C=O) groups is 2. The van der Waals surface area contributed by atoms with E-state index in [0.717, 1.165) is 38.0 Å². The van der Waals surface area contributed by atoms with Gasteiger partial charge in [-0.25, -0.2) is 0 Å². The molecule has 0 bridgehead atoms. The Morgan fingerprint density at radius 2 is 1.04 bits per heavy atom. The number of hydrogen-bond donors (Lipinski definition) is 1. The highest BCUT2D eigenvalue weighted by atomic mass is 31.2. The molecule has 0 fully saturated rings. The van der Waals surface area contributed by atoms with Crippen molar-refractivity contribution in [3.8, 4) is 0 Å². The zero-order valence-corrected chi connectivity index (χ0v) is 34.5. The van der Waals surface area contributed by atoms with Crippen molar-refractivity contribution < 1.29 is 42.4 Å². The lowest BCUT2D eigenvalue weighted by molar-refractivity contribution is -0.870. The van der Waals surface area contributed by atoms with Crippen molar-refractivity contribution in [3.05, 3.63) is 0 Å². The molecule has 298 valence electrons. The molecule has 50 heavy (non-hydrogen) atoms. The van der Waals surface area contributed by atoms with Crippen LogP contribution in [0.5, 0.6) is 0 Å². The van der Waals surface area contributed by atoms with Crippen molar-refractivity contribution in [1.82, 2.24) is 0 Å². The summed E-state index contributed by atoms with van der Waals surface area (Å²) >= 11 is 0. The maximum Gasteiger partial charge on any atom is 0.377 e. The number of rotatable bonds is 37. The minimum atomic E-state index is -4.36. The second kappa shape index (κ2) is 32.8. The zero-order valence-electron chi connectivity index (χ0n) is 33.6. The number of esters is 2. The summed E-state index contributed by atoms with van der Waals surface area (Å²) in [5, 5.41) is 0. The van der Waals surface area contributed by atoms with Crippen LogP contribution in [0.4, 0.5) is 0 Å². The first kappa shape index (κ1) is 49.2. The van der Waals surface area contributed by atoms with Crippen LogP contribution in [-0.4, -0.2) is 74.9 Å². The highest BCUT2D eigenvalue weighted by Crippen LogP contribution is 2.47. The molecule has 9 nitrogen and oxygen atoms in total. The molecule has 1 unspecified atom stereocenters. The van der Waals surface area contributed by atoms with Gasteiger partial charge < -0.3 is 18.9 Å². The number of unbranched alkanes of at least 4 members (excludes halogenated alkanes) is 21. The molecule has 0 aliphatic rings. The number of nitrogens with zero attached hydrogens (tertiary/aromatic N) is 1. The smallest absolute Gasteiger partial charge is 0.377 e. The van der Waals surface area contributed by atoms with E-state index in [4.69, 9.17) is 18.5 Å². The van der Waals surface area contributed by atoms with E-state index in [1.165, 1.54) is 116 Å². The molecule has 0 rings (SSSR count). The molecule has 0 amide bonds. The molecule has 0 aromatic rings. The van der Waals surface area contributed by atoms with Gasteiger partial charge in [-0.2, -0.15) is 13.9 Å². The first-order chi connectivity index (χ1) is 23.8. The summed E-state index contributed by atoms with van der Waals surface area (Å²) in [5.41, 5.74) is 0. The van der Waals surface area contributed by atoms with Crippen LogP contribution in [0.3, 0.4) is 0 Å². The van der Waals surface area contributed by atoms with E-state index in [-0.39, 0.29) is 25.6 Å². The van der Waals surface area contributed by atoms with Crippen molar-refractivity contribution >= 4 is 20.1 Å². The number of hydrogen-bond acceptors (Lipinski definition) is 8. The van der Waals surface area contributed by atoms with Crippen molar-refractivity contribution in [2.24, 2.45) is 5.92 Å². The third kappa shape index (κ3) is 36.9. The number of phosphoric ester groups is 1. The zero-order chi connectivity index (χ0) is 37.4. The Bertz CT molecular complexity index is 790. The molecule has 10 heteroatoms. The molecular weight excluding hydrogens is 653 g/mol. The Hall–Kier alpha value is -0.830. The van der Waals surface area contributed by atoms with E-state index in [0.29, 0.717) is 23.9 Å². The Balaban J connectivity index is 4.37. The van der Waals surface area contributed by atoms with E-state index in [1.54, 1.807) is 0 Å². The standard InChI is InChI=1S/C40H80NO8P/c1-7-8-9-10-11-12-13-14-15-20-23-26-29-32-40(43)49-38(36-48-50(44,45)47-34-33-41(4,5)6)35-46-39(42)31-28-25-22-19-17-16-18-21-24-27-30-37(2)3/h37-38H,7-36H2,1-6H3/p+1/t38-/m1/s1. The van der Waals surface area contributed by atoms with Crippen LogP contribution in [-0.2, 0) is 28.1 Å². The minimum absolute atomic E-state index is 0.0359. The summed E-state index contributed by atoms with van der Waals surface area (Å²) in [6.45, 7) is 6.75. The van der Waals surface area contributed by atoms with Gasteiger partial charge in [0.1, 0.15) is 26.4 Å². The quantitative estimate of drug-likeness (QED) is 0.0290. The maximum atomic E-state index is 12.6. The Morgan fingerprint density at radius 3 is 1.48 bits per heavy atom. The lowest BCUT2D eigenvalue weighted by Gasteiger charge is -2.26. The van der Waals surface area contributed by atoms with Gasteiger partial charge in [-0.05, 0) is 18.8 Å². The van der Waals surface area contributed by atoms with Gasteiger partial charge in [0.05, 0.1) is 21.1 Å². The normalized spacial score (nSPS) is 13.8. The fourth-order valence-corrected chi connectivity index (χ4v) is 6.53. The average molecular weight is 735 g/mol. The lowest BCUT2D eigenvalue weighted by atomic mass is 10.0. The molecule has 0 aliphatic carbocycles. The van der Waals surface area contributed by atoms with Crippen LogP contribution >= 0.6 is 8.17 Å². The van der Waals surface area contributed by atoms with Gasteiger partial charge in [-0.1, -0.05) is 162 Å². The fourth-order valence-electron chi connectivity index (χ4n) is 5.79. The van der Waals surface area contributed by atoms with Gasteiger partial charge in [-0.15, -0.1) is 0 Å². The van der Waals surface area contributed by atoms with E-state index < -0.39 is 26.9 Å². The van der Waals surface area contributed by atoms with E-state index >= 15 is 0 Å². The summed E-state index contributed by atoms with van der Waals surface area (Å²) < 4.78 is 21.8. The number of phosphoric acid groups is 1. The van der Waals surface area contributed by atoms with Gasteiger partial charge in [0, 0.05) is 12.8 Å². The first-order valence-corrected chi connectivity index (χ1v) is 22.1. The van der Waals surface area contributed by atoms with E-state index in [1.807, 2.05) is 21.1 Å². The molecule has 0 aromatic carbocycles. The largest absolute Gasteiger partial charge is 0.606 e. The Morgan fingerprint density at radius 1 is 0.620 bits per heavy atom. The topological polar surface area (TPSA) is 114 Å². The second-order valence-corrected chi connectivity index (χ2v) is 17.3. The van der Waals surface area contributed by atoms with Crippen LogP contribution in [0, 0.1) is 5.92 Å². The number of quaternary nitrogens is 1. The summed E-state index contributed by atoms with van der Waals surface area (Å²) in [5.74, 6) is 0.0146. The lowest BCUT2D eigenvalue weighted by Crippen LogP contribution is -2.38. The summed E-state index contributed by atoms with van der Waals surface area (Å²) in [6.07, 6.45) is 28.6. The molecule has 0 saturated heterocycles. The average Bonchev–Trinajstić information content (AvgIpc) is 3.04. The molecule has 2 atom stereocenters. The van der Waals surface area contributed by atoms with E-state index in [2.05, 4.69) is 20.8 Å². The van der Waals surface area contributed by atoms with Crippen molar-refractivity contribution in [2.75, 3.05) is 47.5 Å². The molecule has 0 heterocycles. The van der Waals surface area contributed by atoms with Crippen LogP contribution < -0.4 is 4.89 Å². The molecule has 0 aliphatic heterocycles. The van der Waals surface area contributed by atoms with Crippen molar-refractivity contribution in [2.45, 2.75) is 194 Å². The summed E-state index contributed by atoms with van der Waals surface area (Å²) in [4.78, 5) is 47.7. The minimum Gasteiger partial charge on any atom is -0.606 e. The highest BCUT2D eigenvalue weighted by Gasteiger charge is 2.31. The highest BCUT2D eigenvalue weighted by molar-refractivity contribution is 7.52. The third-order valence-corrected chi connectivity index (χ3v) is 10.0. The monoisotopic (exact) mass is 735 g/mol. The third-order valence-electron chi connectivity index (χ3n) is 9.07. The molecule has 0 spiro atoms. The van der Waals surface area contributed by atoms with Gasteiger partial charge in [0.2, 0.25) is 0 Å². The van der Waals surface area contributed by atoms with Gasteiger partial charge >= 0.3 is 20.1 Å². The molecule has 1 N–H and O–H groups in total. The van der Waals surface area contributed by atoms with Crippen molar-refractivity contribution in [3.63, 3.8) is 0 Å². The van der Waals surface area contributed by atoms with Crippen LogP contribution in [0.15, 0.2) is 0 Å². The van der Waals surface area contributed by atoms with Crippen molar-refractivity contribution in [1.29, 1.82) is 0 Å². The summed E-state index contributed by atoms with van der Waals surface area (Å²) in [7, 11) is 1.49. The predicted molar refractivity (Wildman–Crippen MR) is 205 cm³/mol. The fraction of sp³-hybridized carbons (Fsp3) is 0.950. The SMILES string of the molecule is CCCCCCCCCCCCCCCC(=O)O[C@H](COC(=O)CCCCCCCCCCCCC(C)C)CO[P+]([O-])(O)OCC[N+](C)(C)C. The van der Waals surface area contributed by atoms with Crippen LogP contribution in [0.2, 0.25) is 0 Å². The van der Waals surface area contributed by atoms with Crippen LogP contribution in [0.25, 0.3) is 0 Å². The van der Waals surface area contributed by atoms with E-state index in [9.17, 15) is 19.4 Å². The van der Waals surface area contributed by atoms with Gasteiger partial charge in [0.15, 0.2) is 6.10 Å². The summed E-state index contributed by atoms with van der Waals surface area (Å²) in [6, 6.07) is 0. The second-order valence-electron chi connectivity index (χ2n) is 15.9. The van der Waals surface area contributed by atoms with Gasteiger partial charge in [0.25, 0.3) is 0 Å². The number of carbonyl (C=O) groups excluding carboxylic acids is 2. The van der Waals surface area contributed by atoms with Crippen LogP contribution in [0.1, 0.15) is 188 Å². The molecule has 0 radical (unpaired) electrons. The maximum absolute atomic E-state index is 12.6. The predicted octanol–water partition coefficient (Wildman–Crippen LogP) is 10.0. The molecule has 0 saturated carbocycles. The first-order valence-electron chi connectivity index (χ1n) is 20.6. The molecular formula is C40H81NO8P+. The number of ether oxygens (including phenoxy) is 2. The Labute approximate surface area is 309 Å².